The molecule has 0 nitrogen and oxygen atoms in total. The minimum absolute atomic E-state index is 1.13. The van der Waals surface area contributed by atoms with Crippen LogP contribution in [0.3, 0.4) is 0 Å². The van der Waals surface area contributed by atoms with Crippen molar-refractivity contribution in [2.45, 2.75) is 6.42 Å². The molecule has 2 aliphatic rings. The summed E-state index contributed by atoms with van der Waals surface area (Å²) in [6.45, 7) is 0. The van der Waals surface area contributed by atoms with Crippen LogP contribution in [0, 0.1) is 0 Å². The molecule has 13 heavy (non-hydrogen) atoms. The molecule has 1 heterocycles. The fraction of sp³-hybridized carbons (Fsp3) is 0.0909. The van der Waals surface area contributed by atoms with Crippen molar-refractivity contribution in [3.05, 3.63) is 51.8 Å². The molecule has 0 saturated heterocycles. The first-order chi connectivity index (χ1) is 6.45. The molecule has 0 fully saturated rings. The van der Waals surface area contributed by atoms with Crippen LogP contribution in [0.4, 0.5) is 0 Å². The molecule has 2 heteroatoms. The molecule has 64 valence electrons. The lowest BCUT2D eigenvalue weighted by Gasteiger charge is -2.05. The summed E-state index contributed by atoms with van der Waals surface area (Å²) in [5, 5.41) is 2.17. The maximum atomic E-state index is 2.24. The van der Waals surface area contributed by atoms with Crippen molar-refractivity contribution < 1.29 is 0 Å². The lowest BCUT2D eigenvalue weighted by Crippen LogP contribution is -1.80. The average Bonchev–Trinajstić information content (AvgIpc) is 2.56. The van der Waals surface area contributed by atoms with Crippen LogP contribution in [0.15, 0.2) is 40.7 Å². The van der Waals surface area contributed by atoms with Gasteiger partial charge in [0, 0.05) is 11.3 Å². The number of hydrogen-bond acceptors (Lipinski definition) is 2. The maximum absolute atomic E-state index is 2.24. The molecule has 1 aromatic carbocycles. The van der Waals surface area contributed by atoms with Gasteiger partial charge in [0.15, 0.2) is 0 Å². The number of fused-ring (bicyclic) bond motifs is 2. The second-order valence-electron chi connectivity index (χ2n) is 3.15. The van der Waals surface area contributed by atoms with Crippen LogP contribution in [0.5, 0.6) is 0 Å². The average molecular weight is 204 g/mol. The van der Waals surface area contributed by atoms with Crippen LogP contribution >= 0.6 is 21.6 Å². The highest BCUT2D eigenvalue weighted by Crippen LogP contribution is 2.47. The molecular weight excluding hydrogens is 196 g/mol. The standard InChI is InChI=1S/C11H8S2/c1-2-4-9-8(3-1)7-11-10(9)5-6-12-13-11/h1-6H,7H2. The molecule has 1 aliphatic carbocycles. The van der Waals surface area contributed by atoms with E-state index in [0.29, 0.717) is 0 Å². The van der Waals surface area contributed by atoms with Gasteiger partial charge in [-0.15, -0.1) is 0 Å². The van der Waals surface area contributed by atoms with Crippen molar-refractivity contribution in [3.63, 3.8) is 0 Å². The van der Waals surface area contributed by atoms with Crippen molar-refractivity contribution in [3.8, 4) is 0 Å². The van der Waals surface area contributed by atoms with Gasteiger partial charge in [0.05, 0.1) is 0 Å². The second kappa shape index (κ2) is 2.96. The molecule has 1 aliphatic heterocycles. The highest BCUT2D eigenvalue weighted by atomic mass is 33.1. The summed E-state index contributed by atoms with van der Waals surface area (Å²) in [4.78, 5) is 1.52. The molecule has 0 radical (unpaired) electrons. The monoisotopic (exact) mass is 204 g/mol. The molecular formula is C11H8S2. The summed E-state index contributed by atoms with van der Waals surface area (Å²) in [6, 6.07) is 8.69. The maximum Gasteiger partial charge on any atom is 0.00840 e. The molecule has 0 atom stereocenters. The molecule has 0 N–H and O–H groups in total. The third-order valence-electron chi connectivity index (χ3n) is 2.40. The van der Waals surface area contributed by atoms with Crippen LogP contribution in [0.2, 0.25) is 0 Å². The second-order valence-corrected chi connectivity index (χ2v) is 5.35. The lowest BCUT2D eigenvalue weighted by molar-refractivity contribution is 1.29. The van der Waals surface area contributed by atoms with Crippen molar-refractivity contribution in [2.24, 2.45) is 0 Å². The van der Waals surface area contributed by atoms with E-state index in [1.807, 2.05) is 21.6 Å². The van der Waals surface area contributed by atoms with E-state index in [-0.39, 0.29) is 0 Å². The predicted octanol–water partition coefficient (Wildman–Crippen LogP) is 3.86. The Morgan fingerprint density at radius 3 is 3.08 bits per heavy atom. The van der Waals surface area contributed by atoms with E-state index in [2.05, 4.69) is 35.7 Å². The Labute approximate surface area is 85.5 Å². The summed E-state index contributed by atoms with van der Waals surface area (Å²) < 4.78 is 0. The third-order valence-corrected chi connectivity index (χ3v) is 4.53. The minimum atomic E-state index is 1.13. The number of benzene rings is 1. The van der Waals surface area contributed by atoms with Crippen LogP contribution in [0.1, 0.15) is 11.1 Å². The van der Waals surface area contributed by atoms with Crippen molar-refractivity contribution in [1.82, 2.24) is 0 Å². The molecule has 1 aromatic rings. The summed E-state index contributed by atoms with van der Waals surface area (Å²) >= 11 is 0. The Kier molecular flexibility index (Phi) is 1.77. The molecule has 0 amide bonds. The van der Waals surface area contributed by atoms with Crippen molar-refractivity contribution in [2.75, 3.05) is 0 Å². The third kappa shape index (κ3) is 1.17. The molecule has 0 aromatic heterocycles. The van der Waals surface area contributed by atoms with E-state index >= 15 is 0 Å². The Hall–Kier alpha value is -0.600. The van der Waals surface area contributed by atoms with E-state index in [1.165, 1.54) is 21.6 Å². The lowest BCUT2D eigenvalue weighted by atomic mass is 10.1. The van der Waals surface area contributed by atoms with Crippen molar-refractivity contribution >= 4 is 27.2 Å². The Balaban J connectivity index is 2.18. The molecule has 0 spiro atoms. The fourth-order valence-corrected chi connectivity index (χ4v) is 3.77. The van der Waals surface area contributed by atoms with Crippen molar-refractivity contribution in [1.29, 1.82) is 0 Å². The summed E-state index contributed by atoms with van der Waals surface area (Å²) in [6.07, 6.45) is 3.37. The van der Waals surface area contributed by atoms with Gasteiger partial charge in [-0.2, -0.15) is 0 Å². The molecule has 0 saturated carbocycles. The van der Waals surface area contributed by atoms with Gasteiger partial charge >= 0.3 is 0 Å². The number of hydrogen-bond donors (Lipinski definition) is 0. The van der Waals surface area contributed by atoms with E-state index in [0.717, 1.165) is 6.42 Å². The SMILES string of the molecule is C1=CC2=C(Cc3ccccc32)SS1. The van der Waals surface area contributed by atoms with E-state index in [4.69, 9.17) is 0 Å². The first kappa shape index (κ1) is 7.77. The van der Waals surface area contributed by atoms with Gasteiger partial charge < -0.3 is 0 Å². The molecule has 0 bridgehead atoms. The Morgan fingerprint density at radius 2 is 2.08 bits per heavy atom. The van der Waals surface area contributed by atoms with Crippen LogP contribution in [-0.4, -0.2) is 0 Å². The fourth-order valence-electron chi connectivity index (χ4n) is 1.79. The Bertz CT molecular complexity index is 416. The van der Waals surface area contributed by atoms with Gasteiger partial charge in [0.1, 0.15) is 0 Å². The van der Waals surface area contributed by atoms with Crippen LogP contribution < -0.4 is 0 Å². The van der Waals surface area contributed by atoms with Gasteiger partial charge in [0.25, 0.3) is 0 Å². The zero-order chi connectivity index (χ0) is 8.67. The minimum Gasteiger partial charge on any atom is -0.0619 e. The molecule has 3 rings (SSSR count). The molecule has 0 unspecified atom stereocenters. The number of rotatable bonds is 0. The zero-order valence-electron chi connectivity index (χ0n) is 6.99. The van der Waals surface area contributed by atoms with Gasteiger partial charge in [-0.3, -0.25) is 0 Å². The summed E-state index contributed by atoms with van der Waals surface area (Å²) in [5.41, 5.74) is 4.35. The van der Waals surface area contributed by atoms with Gasteiger partial charge in [-0.1, -0.05) is 45.9 Å². The largest absolute Gasteiger partial charge is 0.0619 e. The predicted molar refractivity (Wildman–Crippen MR) is 61.4 cm³/mol. The highest BCUT2D eigenvalue weighted by molar-refractivity contribution is 8.79. The van der Waals surface area contributed by atoms with E-state index in [9.17, 15) is 0 Å². The highest BCUT2D eigenvalue weighted by Gasteiger charge is 2.21. The Morgan fingerprint density at radius 1 is 1.15 bits per heavy atom. The van der Waals surface area contributed by atoms with Gasteiger partial charge in [-0.25, -0.2) is 0 Å². The quantitative estimate of drug-likeness (QED) is 0.588. The number of allylic oxidation sites excluding steroid dienone is 3. The van der Waals surface area contributed by atoms with Crippen LogP contribution in [-0.2, 0) is 6.42 Å². The normalized spacial score (nSPS) is 18.8. The first-order valence-electron chi connectivity index (χ1n) is 4.26. The van der Waals surface area contributed by atoms with Gasteiger partial charge in [0.2, 0.25) is 0 Å². The summed E-state index contributed by atoms with van der Waals surface area (Å²) in [5.74, 6) is 0. The van der Waals surface area contributed by atoms with E-state index < -0.39 is 0 Å². The van der Waals surface area contributed by atoms with Crippen LogP contribution in [0.25, 0.3) is 5.57 Å². The summed E-state index contributed by atoms with van der Waals surface area (Å²) in [7, 11) is 3.72. The topological polar surface area (TPSA) is 0 Å². The zero-order valence-corrected chi connectivity index (χ0v) is 8.62. The first-order valence-corrected chi connectivity index (χ1v) is 6.48. The van der Waals surface area contributed by atoms with Gasteiger partial charge in [-0.05, 0) is 28.2 Å². The smallest absolute Gasteiger partial charge is 0.00840 e. The van der Waals surface area contributed by atoms with E-state index in [1.54, 1.807) is 0 Å².